The third kappa shape index (κ3) is 2.79. The van der Waals surface area contributed by atoms with Gasteiger partial charge in [0.05, 0.1) is 0 Å². The fourth-order valence-corrected chi connectivity index (χ4v) is 6.77. The van der Waals surface area contributed by atoms with Crippen LogP contribution in [0.5, 0.6) is 0 Å². The highest BCUT2D eigenvalue weighted by atomic mass is 14.4. The van der Waals surface area contributed by atoms with Crippen molar-refractivity contribution in [3.05, 3.63) is 132 Å². The van der Waals surface area contributed by atoms with Crippen LogP contribution in [0.3, 0.4) is 0 Å². The molecule has 0 heteroatoms. The predicted octanol–water partition coefficient (Wildman–Crippen LogP) is 10.3. The van der Waals surface area contributed by atoms with E-state index in [1.807, 2.05) is 0 Å². The van der Waals surface area contributed by atoms with Crippen LogP contribution in [0, 0.1) is 0 Å². The lowest BCUT2D eigenvalue weighted by atomic mass is 9.81. The van der Waals surface area contributed by atoms with Gasteiger partial charge in [0, 0.05) is 5.41 Å². The van der Waals surface area contributed by atoms with Crippen molar-refractivity contribution in [2.24, 2.45) is 0 Å². The molecule has 0 radical (unpaired) electrons. The van der Waals surface area contributed by atoms with Crippen molar-refractivity contribution in [2.75, 3.05) is 0 Å². The number of hydrogen-bond acceptors (Lipinski definition) is 0. The van der Waals surface area contributed by atoms with Gasteiger partial charge in [0.15, 0.2) is 0 Å². The van der Waals surface area contributed by atoms with Gasteiger partial charge < -0.3 is 0 Å². The molecule has 0 aromatic heterocycles. The zero-order valence-electron chi connectivity index (χ0n) is 21.0. The van der Waals surface area contributed by atoms with Crippen LogP contribution >= 0.6 is 0 Å². The van der Waals surface area contributed by atoms with Crippen LogP contribution in [0.4, 0.5) is 0 Å². The Balaban J connectivity index is 1.44. The molecule has 8 rings (SSSR count). The van der Waals surface area contributed by atoms with Crippen LogP contribution in [-0.4, -0.2) is 0 Å². The average Bonchev–Trinajstić information content (AvgIpc) is 3.18. The second kappa shape index (κ2) is 7.31. The van der Waals surface area contributed by atoms with E-state index in [-0.39, 0.29) is 5.41 Å². The number of rotatable bonds is 1. The number of benzene rings is 7. The Morgan fingerprint density at radius 2 is 1.03 bits per heavy atom. The highest BCUT2D eigenvalue weighted by Gasteiger charge is 2.36. The maximum atomic E-state index is 2.46. The van der Waals surface area contributed by atoms with Crippen molar-refractivity contribution in [1.29, 1.82) is 0 Å². The van der Waals surface area contributed by atoms with Gasteiger partial charge >= 0.3 is 0 Å². The highest BCUT2D eigenvalue weighted by Crippen LogP contribution is 2.52. The Labute approximate surface area is 216 Å². The Bertz CT molecular complexity index is 2060. The van der Waals surface area contributed by atoms with Crippen LogP contribution in [0.2, 0.25) is 0 Å². The fourth-order valence-electron chi connectivity index (χ4n) is 6.77. The van der Waals surface area contributed by atoms with E-state index in [2.05, 4.69) is 135 Å². The Morgan fingerprint density at radius 1 is 0.405 bits per heavy atom. The van der Waals surface area contributed by atoms with Crippen molar-refractivity contribution < 1.29 is 0 Å². The zero-order chi connectivity index (χ0) is 24.7. The predicted molar refractivity (Wildman–Crippen MR) is 159 cm³/mol. The van der Waals surface area contributed by atoms with Gasteiger partial charge in [0.2, 0.25) is 0 Å². The monoisotopic (exact) mass is 470 g/mol. The second-order valence-electron chi connectivity index (χ2n) is 10.9. The molecule has 0 aliphatic heterocycles. The first-order chi connectivity index (χ1) is 18.1. The Morgan fingerprint density at radius 3 is 1.84 bits per heavy atom. The van der Waals surface area contributed by atoms with Gasteiger partial charge in [0.25, 0.3) is 0 Å². The van der Waals surface area contributed by atoms with E-state index < -0.39 is 0 Å². The van der Waals surface area contributed by atoms with Crippen molar-refractivity contribution in [2.45, 2.75) is 19.3 Å². The molecule has 1 aliphatic carbocycles. The molecular weight excluding hydrogens is 444 g/mol. The van der Waals surface area contributed by atoms with E-state index in [0.29, 0.717) is 0 Å². The summed E-state index contributed by atoms with van der Waals surface area (Å²) in [6, 6.07) is 45.2. The van der Waals surface area contributed by atoms with Crippen LogP contribution in [0.15, 0.2) is 121 Å². The third-order valence-electron chi connectivity index (χ3n) is 8.64. The van der Waals surface area contributed by atoms with Crippen LogP contribution in [0.25, 0.3) is 65.3 Å². The molecule has 0 N–H and O–H groups in total. The molecule has 7 aromatic rings. The SMILES string of the molecule is CC1(C)c2cc(-c3cc4c5ccccc5ccc4c4ccccc34)ccc2-c2c1ccc1ccccc21. The molecular formula is C37H26. The summed E-state index contributed by atoms with van der Waals surface area (Å²) in [6.07, 6.45) is 0. The summed E-state index contributed by atoms with van der Waals surface area (Å²) in [7, 11) is 0. The largest absolute Gasteiger partial charge is 0.0616 e. The molecule has 1 aliphatic rings. The molecule has 0 bridgehead atoms. The van der Waals surface area contributed by atoms with E-state index in [9.17, 15) is 0 Å². The van der Waals surface area contributed by atoms with Crippen molar-refractivity contribution >= 4 is 43.1 Å². The average molecular weight is 471 g/mol. The zero-order valence-corrected chi connectivity index (χ0v) is 21.0. The van der Waals surface area contributed by atoms with E-state index in [1.54, 1.807) is 0 Å². The van der Waals surface area contributed by atoms with Crippen LogP contribution in [0.1, 0.15) is 25.0 Å². The number of hydrogen-bond donors (Lipinski definition) is 0. The maximum Gasteiger partial charge on any atom is 0.0159 e. The molecule has 37 heavy (non-hydrogen) atoms. The normalized spacial score (nSPS) is 13.9. The second-order valence-corrected chi connectivity index (χ2v) is 10.9. The summed E-state index contributed by atoms with van der Waals surface area (Å²) in [5, 5.41) is 10.5. The first-order valence-corrected chi connectivity index (χ1v) is 13.1. The maximum absolute atomic E-state index is 2.46. The first kappa shape index (κ1) is 20.7. The van der Waals surface area contributed by atoms with Gasteiger partial charge in [-0.25, -0.2) is 0 Å². The first-order valence-electron chi connectivity index (χ1n) is 13.1. The topological polar surface area (TPSA) is 0 Å². The van der Waals surface area contributed by atoms with E-state index in [1.165, 1.54) is 76.5 Å². The molecule has 0 unspecified atom stereocenters. The minimum atomic E-state index is -0.0515. The minimum Gasteiger partial charge on any atom is -0.0616 e. The number of fused-ring (bicyclic) bond motifs is 10. The standard InChI is InChI=1S/C37H26/c1-37(2)34-20-17-24-10-4-6-12-27(24)36(34)31-19-16-25(21-35(31)37)32-22-33-26-11-5-3-9-23(26)15-18-30(33)28-13-7-8-14-29(28)32/h3-22H,1-2H3. The van der Waals surface area contributed by atoms with Gasteiger partial charge in [-0.15, -0.1) is 0 Å². The highest BCUT2D eigenvalue weighted by molar-refractivity contribution is 6.21. The van der Waals surface area contributed by atoms with Gasteiger partial charge in [-0.2, -0.15) is 0 Å². The van der Waals surface area contributed by atoms with Crippen LogP contribution < -0.4 is 0 Å². The summed E-state index contributed by atoms with van der Waals surface area (Å²) < 4.78 is 0. The van der Waals surface area contributed by atoms with E-state index >= 15 is 0 Å². The van der Waals surface area contributed by atoms with Gasteiger partial charge in [-0.05, 0) is 88.6 Å². The molecule has 0 heterocycles. The Hall–Kier alpha value is -4.42. The van der Waals surface area contributed by atoms with Gasteiger partial charge in [-0.3, -0.25) is 0 Å². The molecule has 174 valence electrons. The van der Waals surface area contributed by atoms with Crippen molar-refractivity contribution in [3.63, 3.8) is 0 Å². The minimum absolute atomic E-state index is 0.0515. The quantitative estimate of drug-likeness (QED) is 0.209. The molecule has 0 amide bonds. The summed E-state index contributed by atoms with van der Waals surface area (Å²) in [5.74, 6) is 0. The summed E-state index contributed by atoms with van der Waals surface area (Å²) in [4.78, 5) is 0. The summed E-state index contributed by atoms with van der Waals surface area (Å²) in [6.45, 7) is 4.75. The summed E-state index contributed by atoms with van der Waals surface area (Å²) >= 11 is 0. The molecule has 0 saturated heterocycles. The molecule has 7 aromatic carbocycles. The van der Waals surface area contributed by atoms with Crippen molar-refractivity contribution in [3.8, 4) is 22.3 Å². The van der Waals surface area contributed by atoms with Crippen LogP contribution in [-0.2, 0) is 5.41 Å². The molecule has 0 spiro atoms. The van der Waals surface area contributed by atoms with Crippen molar-refractivity contribution in [1.82, 2.24) is 0 Å². The lowest BCUT2D eigenvalue weighted by molar-refractivity contribution is 0.661. The molecule has 0 atom stereocenters. The lowest BCUT2D eigenvalue weighted by Gasteiger charge is -2.22. The smallest absolute Gasteiger partial charge is 0.0159 e. The Kier molecular flexibility index (Phi) is 4.10. The molecule has 0 fully saturated rings. The molecule has 0 nitrogen and oxygen atoms in total. The van der Waals surface area contributed by atoms with E-state index in [0.717, 1.165) is 0 Å². The fraction of sp³-hybridized carbons (Fsp3) is 0.0811. The van der Waals surface area contributed by atoms with Gasteiger partial charge in [-0.1, -0.05) is 123 Å². The van der Waals surface area contributed by atoms with Gasteiger partial charge in [0.1, 0.15) is 0 Å². The van der Waals surface area contributed by atoms with E-state index in [4.69, 9.17) is 0 Å². The third-order valence-corrected chi connectivity index (χ3v) is 8.64. The lowest BCUT2D eigenvalue weighted by Crippen LogP contribution is -2.15. The molecule has 0 saturated carbocycles. The summed E-state index contributed by atoms with van der Waals surface area (Å²) in [5.41, 5.74) is 8.15.